The smallest absolute Gasteiger partial charge is 0.466 e. The van der Waals surface area contributed by atoms with Crippen molar-refractivity contribution in [2.24, 2.45) is 0 Å². The summed E-state index contributed by atoms with van der Waals surface area (Å²) in [6.45, 7) is 9.43. The topological polar surface area (TPSA) is 71.1 Å². The molecule has 0 aliphatic rings. The fraction of sp³-hybridized carbons (Fsp3) is 0.867. The minimum Gasteiger partial charge on any atom is -0.466 e. The van der Waals surface area contributed by atoms with Gasteiger partial charge >= 0.3 is 14.8 Å². The fourth-order valence-corrected chi connectivity index (χ4v) is 4.81. The summed E-state index contributed by atoms with van der Waals surface area (Å²) in [6, 6.07) is 0.690. The molecule has 0 bridgehead atoms. The second kappa shape index (κ2) is 12.7. The highest BCUT2D eigenvalue weighted by Gasteiger charge is 2.39. The van der Waals surface area contributed by atoms with E-state index in [-0.39, 0.29) is 12.2 Å². The van der Waals surface area contributed by atoms with Gasteiger partial charge in [-0.05, 0) is 40.5 Å². The van der Waals surface area contributed by atoms with Gasteiger partial charge < -0.3 is 18.0 Å². The van der Waals surface area contributed by atoms with E-state index in [1.54, 1.807) is 6.92 Å². The average Bonchev–Trinajstić information content (AvgIpc) is 2.45. The Balaban J connectivity index is 4.16. The molecule has 0 aromatic rings. The molecule has 0 N–H and O–H groups in total. The normalized spacial score (nSPS) is 11.5. The van der Waals surface area contributed by atoms with Crippen LogP contribution in [0.15, 0.2) is 0 Å². The molecule has 0 rings (SSSR count). The van der Waals surface area contributed by atoms with Crippen LogP contribution in [0, 0.1) is 0 Å². The zero-order valence-corrected chi connectivity index (χ0v) is 15.3. The van der Waals surface area contributed by atoms with Crippen LogP contribution in [0.3, 0.4) is 0 Å². The monoisotopic (exact) mass is 334 g/mol. The van der Waals surface area contributed by atoms with E-state index in [1.165, 1.54) is 0 Å². The standard InChI is InChI=1S/C15H30O6Si/c1-5-18-15(17)13-14(16)11-9-10-12-22(19-6-2,20-7-3)21-8-4/h5-13H2,1-4H3. The third-order valence-electron chi connectivity index (χ3n) is 2.93. The van der Waals surface area contributed by atoms with Gasteiger partial charge in [0, 0.05) is 32.3 Å². The fourth-order valence-electron chi connectivity index (χ4n) is 2.13. The van der Waals surface area contributed by atoms with Crippen LogP contribution >= 0.6 is 0 Å². The molecule has 7 heteroatoms. The van der Waals surface area contributed by atoms with E-state index < -0.39 is 14.8 Å². The van der Waals surface area contributed by atoms with Crippen molar-refractivity contribution >= 4 is 20.6 Å². The molecule has 0 aliphatic carbocycles. The first-order chi connectivity index (χ1) is 10.5. The Hall–Kier alpha value is -0.763. The first kappa shape index (κ1) is 21.2. The average molecular weight is 334 g/mol. The van der Waals surface area contributed by atoms with Crippen LogP contribution in [0.5, 0.6) is 0 Å². The van der Waals surface area contributed by atoms with Crippen LogP contribution in [0.25, 0.3) is 0 Å². The first-order valence-electron chi connectivity index (χ1n) is 8.12. The molecule has 6 nitrogen and oxygen atoms in total. The summed E-state index contributed by atoms with van der Waals surface area (Å²) in [6.07, 6.45) is 1.70. The molecule has 0 aromatic carbocycles. The molecule has 0 aliphatic heterocycles. The van der Waals surface area contributed by atoms with Crippen molar-refractivity contribution in [3.63, 3.8) is 0 Å². The lowest BCUT2D eigenvalue weighted by Crippen LogP contribution is -2.45. The number of carbonyl (C=O) groups is 2. The lowest BCUT2D eigenvalue weighted by atomic mass is 10.1. The molecule has 130 valence electrons. The van der Waals surface area contributed by atoms with Crippen LogP contribution in [0.2, 0.25) is 6.04 Å². The Morgan fingerprint density at radius 1 is 0.818 bits per heavy atom. The van der Waals surface area contributed by atoms with E-state index in [2.05, 4.69) is 0 Å². The van der Waals surface area contributed by atoms with Crippen molar-refractivity contribution < 1.29 is 27.6 Å². The molecule has 22 heavy (non-hydrogen) atoms. The number of carbonyl (C=O) groups excluding carboxylic acids is 2. The molecule has 0 amide bonds. The van der Waals surface area contributed by atoms with Crippen LogP contribution in [0.4, 0.5) is 0 Å². The second-order valence-corrected chi connectivity index (χ2v) is 7.44. The molecule has 0 fully saturated rings. The van der Waals surface area contributed by atoms with Gasteiger partial charge in [-0.15, -0.1) is 0 Å². The molecular weight excluding hydrogens is 304 g/mol. The highest BCUT2D eigenvalue weighted by molar-refractivity contribution is 6.60. The highest BCUT2D eigenvalue weighted by atomic mass is 28.4. The lowest BCUT2D eigenvalue weighted by Gasteiger charge is -2.28. The SMILES string of the molecule is CCOC(=O)CC(=O)CCCC[Si](OCC)(OCC)OCC. The number of rotatable bonds is 14. The Morgan fingerprint density at radius 2 is 1.36 bits per heavy atom. The van der Waals surface area contributed by atoms with Gasteiger partial charge in [-0.1, -0.05) is 0 Å². The van der Waals surface area contributed by atoms with E-state index in [9.17, 15) is 9.59 Å². The van der Waals surface area contributed by atoms with Crippen molar-refractivity contribution in [2.45, 2.75) is 59.4 Å². The predicted octanol–water partition coefficient (Wildman–Crippen LogP) is 2.73. The van der Waals surface area contributed by atoms with Gasteiger partial charge in [-0.2, -0.15) is 0 Å². The number of Topliss-reactive ketones (excluding diaryl/α,β-unsaturated/α-hetero) is 1. The molecule has 0 aromatic heterocycles. The molecule has 0 atom stereocenters. The summed E-state index contributed by atoms with van der Waals surface area (Å²) >= 11 is 0. The number of ketones is 1. The first-order valence-corrected chi connectivity index (χ1v) is 10.1. The van der Waals surface area contributed by atoms with E-state index in [0.29, 0.717) is 45.3 Å². The van der Waals surface area contributed by atoms with Gasteiger partial charge in [0.2, 0.25) is 0 Å². The Bertz CT molecular complexity index is 304. The summed E-state index contributed by atoms with van der Waals surface area (Å²) in [7, 11) is -2.62. The van der Waals surface area contributed by atoms with E-state index in [1.807, 2.05) is 20.8 Å². The molecule has 0 saturated carbocycles. The largest absolute Gasteiger partial charge is 0.500 e. The summed E-state index contributed by atoms with van der Waals surface area (Å²) in [4.78, 5) is 22.9. The molecule has 0 heterocycles. The van der Waals surface area contributed by atoms with Crippen molar-refractivity contribution in [2.75, 3.05) is 26.4 Å². The van der Waals surface area contributed by atoms with Gasteiger partial charge in [0.05, 0.1) is 6.61 Å². The Morgan fingerprint density at radius 3 is 1.82 bits per heavy atom. The van der Waals surface area contributed by atoms with Gasteiger partial charge in [0.25, 0.3) is 0 Å². The summed E-state index contributed by atoms with van der Waals surface area (Å²) in [5, 5.41) is 0. The van der Waals surface area contributed by atoms with Gasteiger partial charge in [0.1, 0.15) is 12.2 Å². The summed E-state index contributed by atoms with van der Waals surface area (Å²) in [5.74, 6) is -0.538. The van der Waals surface area contributed by atoms with E-state index in [4.69, 9.17) is 18.0 Å². The maximum Gasteiger partial charge on any atom is 0.500 e. The number of unbranched alkanes of at least 4 members (excludes halogenated alkanes) is 1. The molecule has 0 saturated heterocycles. The summed E-state index contributed by atoms with van der Waals surface area (Å²) < 4.78 is 22.0. The van der Waals surface area contributed by atoms with Gasteiger partial charge in [-0.3, -0.25) is 9.59 Å². The number of esters is 1. The maximum atomic E-state index is 11.6. The number of ether oxygens (including phenoxy) is 1. The highest BCUT2D eigenvalue weighted by Crippen LogP contribution is 2.20. The second-order valence-electron chi connectivity index (χ2n) is 4.71. The van der Waals surface area contributed by atoms with Gasteiger partial charge in [0.15, 0.2) is 0 Å². The molecule has 0 radical (unpaired) electrons. The van der Waals surface area contributed by atoms with Crippen molar-refractivity contribution in [1.29, 1.82) is 0 Å². The maximum absolute atomic E-state index is 11.6. The Labute approximate surface area is 134 Å². The Kier molecular flexibility index (Phi) is 12.3. The van der Waals surface area contributed by atoms with Crippen LogP contribution < -0.4 is 0 Å². The van der Waals surface area contributed by atoms with Crippen LogP contribution in [0.1, 0.15) is 53.4 Å². The van der Waals surface area contributed by atoms with Gasteiger partial charge in [-0.25, -0.2) is 0 Å². The number of hydrogen-bond acceptors (Lipinski definition) is 6. The third-order valence-corrected chi connectivity index (χ3v) is 6.08. The van der Waals surface area contributed by atoms with Crippen molar-refractivity contribution in [1.82, 2.24) is 0 Å². The van der Waals surface area contributed by atoms with E-state index in [0.717, 1.165) is 6.42 Å². The predicted molar refractivity (Wildman–Crippen MR) is 85.5 cm³/mol. The number of hydrogen-bond donors (Lipinski definition) is 0. The van der Waals surface area contributed by atoms with E-state index >= 15 is 0 Å². The molecule has 0 unspecified atom stereocenters. The van der Waals surface area contributed by atoms with Crippen molar-refractivity contribution in [3.8, 4) is 0 Å². The molecule has 0 spiro atoms. The third kappa shape index (κ3) is 9.29. The van der Waals surface area contributed by atoms with Crippen LogP contribution in [-0.4, -0.2) is 47.0 Å². The zero-order valence-electron chi connectivity index (χ0n) is 14.3. The minimum absolute atomic E-state index is 0.0880. The zero-order chi connectivity index (χ0) is 16.8. The van der Waals surface area contributed by atoms with Crippen molar-refractivity contribution in [3.05, 3.63) is 0 Å². The van der Waals surface area contributed by atoms with Crippen LogP contribution in [-0.2, 0) is 27.6 Å². The summed E-state index contributed by atoms with van der Waals surface area (Å²) in [5.41, 5.74) is 0. The molecular formula is C15H30O6Si. The minimum atomic E-state index is -2.62. The quantitative estimate of drug-likeness (QED) is 0.210. The lowest BCUT2D eigenvalue weighted by molar-refractivity contribution is -0.145.